The molecule has 0 saturated heterocycles. The number of thiol groups is 2. The molecule has 1 N–H and O–H groups in total. The lowest BCUT2D eigenvalue weighted by Gasteiger charge is -2.23. The third-order valence-electron chi connectivity index (χ3n) is 2.05. The first-order valence-corrected chi connectivity index (χ1v) is 6.21. The molecule has 0 bridgehead atoms. The Labute approximate surface area is 102 Å². The minimum absolute atomic E-state index is 0.0925. The van der Waals surface area contributed by atoms with E-state index in [1.54, 1.807) is 0 Å². The quantitative estimate of drug-likeness (QED) is 0.512. The zero-order chi connectivity index (χ0) is 11.7. The predicted octanol–water partition coefficient (Wildman–Crippen LogP) is 0.164. The Hall–Kier alpha value is 0.0900. The van der Waals surface area contributed by atoms with Crippen LogP contribution in [0.3, 0.4) is 0 Å². The molecule has 15 heavy (non-hydrogen) atoms. The van der Waals surface area contributed by atoms with E-state index >= 15 is 0 Å². The Balaban J connectivity index is 3.78. The van der Waals surface area contributed by atoms with Gasteiger partial charge in [-0.25, -0.2) is 0 Å². The second kappa shape index (κ2) is 9.33. The minimum atomic E-state index is -0.784. The van der Waals surface area contributed by atoms with E-state index in [0.717, 1.165) is 25.4 Å². The standard InChI is InChI=1S/C9H20N2O2S2/c1-10(4-6-14)2-3-11(5-7-15)8-9(12)13/h14-15H,2-8H2,1H3,(H,12,13). The van der Waals surface area contributed by atoms with Crippen LogP contribution in [-0.2, 0) is 4.79 Å². The number of nitrogens with zero attached hydrogens (tertiary/aromatic N) is 2. The first-order valence-electron chi connectivity index (χ1n) is 4.94. The Morgan fingerprint density at radius 3 is 2.20 bits per heavy atom. The molecule has 0 aromatic carbocycles. The molecule has 0 aromatic heterocycles. The molecule has 0 rings (SSSR count). The van der Waals surface area contributed by atoms with Gasteiger partial charge >= 0.3 is 5.97 Å². The van der Waals surface area contributed by atoms with Gasteiger partial charge < -0.3 is 10.0 Å². The minimum Gasteiger partial charge on any atom is -0.480 e. The van der Waals surface area contributed by atoms with Crippen molar-refractivity contribution in [2.45, 2.75) is 0 Å². The molecular weight excluding hydrogens is 232 g/mol. The summed E-state index contributed by atoms with van der Waals surface area (Å²) in [5.74, 6) is 0.722. The molecule has 0 atom stereocenters. The number of carboxylic acid groups (broad SMARTS) is 1. The van der Waals surface area contributed by atoms with Crippen LogP contribution in [0.15, 0.2) is 0 Å². The fourth-order valence-corrected chi connectivity index (χ4v) is 1.82. The van der Waals surface area contributed by atoms with Gasteiger partial charge in [0.2, 0.25) is 0 Å². The molecule has 0 spiro atoms. The Bertz CT molecular complexity index is 181. The van der Waals surface area contributed by atoms with Gasteiger partial charge in [0.1, 0.15) is 0 Å². The maximum Gasteiger partial charge on any atom is 0.317 e. The van der Waals surface area contributed by atoms with Crippen molar-refractivity contribution in [2.75, 3.05) is 51.3 Å². The van der Waals surface area contributed by atoms with Gasteiger partial charge in [0.15, 0.2) is 0 Å². The number of aliphatic carboxylic acids is 1. The lowest BCUT2D eigenvalue weighted by Crippen LogP contribution is -2.38. The smallest absolute Gasteiger partial charge is 0.317 e. The highest BCUT2D eigenvalue weighted by atomic mass is 32.1. The van der Waals surface area contributed by atoms with Crippen LogP contribution in [0.4, 0.5) is 0 Å². The van der Waals surface area contributed by atoms with E-state index < -0.39 is 5.97 Å². The zero-order valence-electron chi connectivity index (χ0n) is 9.09. The van der Waals surface area contributed by atoms with Crippen molar-refractivity contribution in [3.8, 4) is 0 Å². The van der Waals surface area contributed by atoms with Crippen molar-refractivity contribution in [1.29, 1.82) is 0 Å². The predicted molar refractivity (Wildman–Crippen MR) is 69.3 cm³/mol. The van der Waals surface area contributed by atoms with Crippen molar-refractivity contribution in [3.05, 3.63) is 0 Å². The lowest BCUT2D eigenvalue weighted by atomic mass is 10.4. The average Bonchev–Trinajstić information content (AvgIpc) is 2.14. The summed E-state index contributed by atoms with van der Waals surface area (Å²) < 4.78 is 0. The summed E-state index contributed by atoms with van der Waals surface area (Å²) in [5, 5.41) is 8.69. The number of hydrogen-bond donors (Lipinski definition) is 3. The topological polar surface area (TPSA) is 43.8 Å². The molecule has 0 fully saturated rings. The molecule has 0 aliphatic heterocycles. The summed E-state index contributed by atoms with van der Waals surface area (Å²) in [6, 6.07) is 0. The van der Waals surface area contributed by atoms with Crippen molar-refractivity contribution in [1.82, 2.24) is 9.80 Å². The summed E-state index contributed by atoms with van der Waals surface area (Å²) in [7, 11) is 2.01. The van der Waals surface area contributed by atoms with E-state index in [1.807, 2.05) is 11.9 Å². The monoisotopic (exact) mass is 252 g/mol. The largest absolute Gasteiger partial charge is 0.480 e. The maximum absolute atomic E-state index is 10.6. The number of likely N-dealkylation sites (N-methyl/N-ethyl adjacent to an activating group) is 1. The van der Waals surface area contributed by atoms with Gasteiger partial charge in [0.25, 0.3) is 0 Å². The lowest BCUT2D eigenvalue weighted by molar-refractivity contribution is -0.138. The van der Waals surface area contributed by atoms with Gasteiger partial charge in [-0.2, -0.15) is 25.3 Å². The van der Waals surface area contributed by atoms with E-state index in [1.165, 1.54) is 0 Å². The molecule has 0 unspecified atom stereocenters. The van der Waals surface area contributed by atoms with Crippen LogP contribution in [0.5, 0.6) is 0 Å². The number of hydrogen-bond acceptors (Lipinski definition) is 5. The molecule has 0 saturated carbocycles. The molecule has 6 heteroatoms. The first-order chi connectivity index (χ1) is 7.10. The fourth-order valence-electron chi connectivity index (χ4n) is 1.20. The van der Waals surface area contributed by atoms with Gasteiger partial charge in [0, 0.05) is 37.7 Å². The molecule has 0 aromatic rings. The maximum atomic E-state index is 10.6. The zero-order valence-corrected chi connectivity index (χ0v) is 10.9. The van der Waals surface area contributed by atoms with E-state index in [0.29, 0.717) is 12.3 Å². The highest BCUT2D eigenvalue weighted by Crippen LogP contribution is 1.92. The average molecular weight is 252 g/mol. The summed E-state index contributed by atoms with van der Waals surface area (Å²) in [4.78, 5) is 14.6. The van der Waals surface area contributed by atoms with Gasteiger partial charge in [-0.15, -0.1) is 0 Å². The van der Waals surface area contributed by atoms with E-state index in [2.05, 4.69) is 30.2 Å². The van der Waals surface area contributed by atoms with Crippen LogP contribution < -0.4 is 0 Å². The molecule has 0 aliphatic rings. The molecule has 0 heterocycles. The fraction of sp³-hybridized carbons (Fsp3) is 0.889. The molecular formula is C9H20N2O2S2. The van der Waals surface area contributed by atoms with Crippen LogP contribution in [0.25, 0.3) is 0 Å². The Morgan fingerprint density at radius 1 is 1.13 bits per heavy atom. The van der Waals surface area contributed by atoms with Gasteiger partial charge in [-0.1, -0.05) is 0 Å². The summed E-state index contributed by atoms with van der Waals surface area (Å²) >= 11 is 8.25. The summed E-state index contributed by atoms with van der Waals surface area (Å²) in [6.07, 6.45) is 0. The summed E-state index contributed by atoms with van der Waals surface area (Å²) in [5.41, 5.74) is 0. The number of rotatable bonds is 9. The van der Waals surface area contributed by atoms with E-state index in [4.69, 9.17) is 5.11 Å². The second-order valence-corrected chi connectivity index (χ2v) is 4.31. The third-order valence-corrected chi connectivity index (χ3v) is 2.45. The highest BCUT2D eigenvalue weighted by molar-refractivity contribution is 7.80. The molecule has 90 valence electrons. The van der Waals surface area contributed by atoms with Gasteiger partial charge in [-0.3, -0.25) is 9.69 Å². The van der Waals surface area contributed by atoms with Crippen molar-refractivity contribution >= 4 is 31.2 Å². The van der Waals surface area contributed by atoms with E-state index in [9.17, 15) is 4.79 Å². The number of carboxylic acids is 1. The molecule has 0 radical (unpaired) electrons. The highest BCUT2D eigenvalue weighted by Gasteiger charge is 2.09. The summed E-state index contributed by atoms with van der Waals surface area (Å²) in [6.45, 7) is 3.35. The van der Waals surface area contributed by atoms with Crippen molar-refractivity contribution in [2.24, 2.45) is 0 Å². The van der Waals surface area contributed by atoms with Crippen LogP contribution in [0, 0.1) is 0 Å². The van der Waals surface area contributed by atoms with Crippen molar-refractivity contribution < 1.29 is 9.90 Å². The Morgan fingerprint density at radius 2 is 1.73 bits per heavy atom. The van der Waals surface area contributed by atoms with Gasteiger partial charge in [0.05, 0.1) is 6.54 Å². The first kappa shape index (κ1) is 15.1. The SMILES string of the molecule is CN(CCS)CCN(CCS)CC(=O)O. The number of carbonyl (C=O) groups is 1. The van der Waals surface area contributed by atoms with Gasteiger partial charge in [-0.05, 0) is 7.05 Å². The normalized spacial score (nSPS) is 11.3. The molecule has 0 amide bonds. The van der Waals surface area contributed by atoms with Crippen LogP contribution in [0.1, 0.15) is 0 Å². The van der Waals surface area contributed by atoms with Crippen LogP contribution in [0.2, 0.25) is 0 Å². The molecule has 0 aliphatic carbocycles. The molecule has 4 nitrogen and oxygen atoms in total. The third kappa shape index (κ3) is 9.04. The second-order valence-electron chi connectivity index (χ2n) is 3.42. The van der Waals surface area contributed by atoms with E-state index in [-0.39, 0.29) is 6.54 Å². The Kier molecular flexibility index (Phi) is 9.38. The van der Waals surface area contributed by atoms with Crippen LogP contribution in [-0.4, -0.2) is 72.2 Å². The van der Waals surface area contributed by atoms with Crippen molar-refractivity contribution in [3.63, 3.8) is 0 Å². The van der Waals surface area contributed by atoms with Crippen LogP contribution >= 0.6 is 25.3 Å².